The summed E-state index contributed by atoms with van der Waals surface area (Å²) in [5.74, 6) is -0.270. The predicted octanol–water partition coefficient (Wildman–Crippen LogP) is 6.16. The van der Waals surface area contributed by atoms with Gasteiger partial charge >= 0.3 is 0 Å². The first kappa shape index (κ1) is 28.4. The third-order valence-corrected chi connectivity index (χ3v) is 8.14. The van der Waals surface area contributed by atoms with Crippen molar-refractivity contribution in [3.63, 3.8) is 0 Å². The van der Waals surface area contributed by atoms with Crippen LogP contribution in [0.4, 0.5) is 5.69 Å². The molecule has 2 amide bonds. The number of thiazole rings is 1. The van der Waals surface area contributed by atoms with E-state index >= 15 is 0 Å². The SMILES string of the molecule is CCCN(CCC)CCNC(=O)c1c(C)[nH]c(C=C2C(=O)Nc3ccc(-c4csc(-c5ccccn5)n4)cc32)c1C. The van der Waals surface area contributed by atoms with E-state index in [-0.39, 0.29) is 11.8 Å². The zero-order valence-corrected chi connectivity index (χ0v) is 24.8. The summed E-state index contributed by atoms with van der Waals surface area (Å²) in [5.41, 5.74) is 7.69. The molecule has 212 valence electrons. The van der Waals surface area contributed by atoms with Crippen LogP contribution in [0.5, 0.6) is 0 Å². The molecule has 0 radical (unpaired) electrons. The Morgan fingerprint density at radius 3 is 2.61 bits per heavy atom. The van der Waals surface area contributed by atoms with Crippen LogP contribution in [-0.4, -0.2) is 57.8 Å². The highest BCUT2D eigenvalue weighted by Gasteiger charge is 2.26. The minimum Gasteiger partial charge on any atom is -0.358 e. The van der Waals surface area contributed by atoms with E-state index in [1.807, 2.05) is 61.7 Å². The number of fused-ring (bicyclic) bond motifs is 1. The van der Waals surface area contributed by atoms with Crippen molar-refractivity contribution in [3.05, 3.63) is 76.1 Å². The summed E-state index contributed by atoms with van der Waals surface area (Å²) >= 11 is 1.54. The van der Waals surface area contributed by atoms with Gasteiger partial charge in [0.25, 0.3) is 11.8 Å². The molecule has 0 aliphatic carbocycles. The fourth-order valence-corrected chi connectivity index (χ4v) is 6.10. The van der Waals surface area contributed by atoms with E-state index in [1.165, 1.54) is 11.3 Å². The highest BCUT2D eigenvalue weighted by Crippen LogP contribution is 2.37. The number of aromatic amines is 1. The standard InChI is InChI=1S/C32H36N6O2S/c1-5-14-38(15-6-2)16-13-34-31(40)29-20(3)27(35-21(29)4)18-24-23-17-22(10-11-25(23)36-30(24)39)28-19-41-32(37-28)26-9-7-8-12-33-26/h7-12,17-19,35H,5-6,13-16H2,1-4H3,(H,34,40)(H,36,39). The molecular weight excluding hydrogens is 532 g/mol. The van der Waals surface area contributed by atoms with Gasteiger partial charge < -0.3 is 20.5 Å². The van der Waals surface area contributed by atoms with Crippen molar-refractivity contribution in [1.29, 1.82) is 0 Å². The molecule has 4 heterocycles. The number of pyridine rings is 1. The maximum absolute atomic E-state index is 13.1. The topological polar surface area (TPSA) is 103 Å². The lowest BCUT2D eigenvalue weighted by Gasteiger charge is -2.21. The first-order valence-electron chi connectivity index (χ1n) is 14.1. The Bertz CT molecular complexity index is 1580. The number of hydrogen-bond acceptors (Lipinski definition) is 6. The lowest BCUT2D eigenvalue weighted by atomic mass is 10.0. The zero-order chi connectivity index (χ0) is 28.9. The average Bonchev–Trinajstić information content (AvgIpc) is 3.65. The normalized spacial score (nSPS) is 13.6. The smallest absolute Gasteiger partial charge is 0.256 e. The van der Waals surface area contributed by atoms with Crippen molar-refractivity contribution in [3.8, 4) is 22.0 Å². The Kier molecular flexibility index (Phi) is 8.75. The van der Waals surface area contributed by atoms with E-state index in [0.29, 0.717) is 17.7 Å². The Hall–Kier alpha value is -4.08. The summed E-state index contributed by atoms with van der Waals surface area (Å²) in [6.45, 7) is 11.6. The fraction of sp³-hybridized carbons (Fsp3) is 0.312. The van der Waals surface area contributed by atoms with Gasteiger partial charge in [-0.15, -0.1) is 11.3 Å². The van der Waals surface area contributed by atoms with Crippen molar-refractivity contribution in [2.24, 2.45) is 0 Å². The second-order valence-electron chi connectivity index (χ2n) is 10.3. The summed E-state index contributed by atoms with van der Waals surface area (Å²) in [6.07, 6.45) is 5.79. The molecule has 1 aliphatic rings. The Balaban J connectivity index is 1.37. The Morgan fingerprint density at radius 2 is 1.88 bits per heavy atom. The predicted molar refractivity (Wildman–Crippen MR) is 167 cm³/mol. The van der Waals surface area contributed by atoms with E-state index in [4.69, 9.17) is 4.98 Å². The van der Waals surface area contributed by atoms with Crippen LogP contribution in [0.15, 0.2) is 48.0 Å². The number of nitrogens with one attached hydrogen (secondary N) is 3. The fourth-order valence-electron chi connectivity index (χ4n) is 5.29. The minimum atomic E-state index is -0.172. The average molecular weight is 569 g/mol. The van der Waals surface area contributed by atoms with Crippen LogP contribution in [0, 0.1) is 13.8 Å². The number of amides is 2. The molecule has 8 nitrogen and oxygen atoms in total. The van der Waals surface area contributed by atoms with E-state index in [9.17, 15) is 9.59 Å². The molecule has 3 aromatic heterocycles. The number of H-pyrrole nitrogens is 1. The molecule has 0 saturated heterocycles. The molecule has 0 atom stereocenters. The molecule has 1 aliphatic heterocycles. The van der Waals surface area contributed by atoms with Gasteiger partial charge in [-0.25, -0.2) is 4.98 Å². The summed E-state index contributed by atoms with van der Waals surface area (Å²) in [6, 6.07) is 11.6. The molecule has 0 fully saturated rings. The second-order valence-corrected chi connectivity index (χ2v) is 11.1. The lowest BCUT2D eigenvalue weighted by molar-refractivity contribution is -0.110. The van der Waals surface area contributed by atoms with Gasteiger partial charge in [0.2, 0.25) is 0 Å². The van der Waals surface area contributed by atoms with E-state index in [2.05, 4.69) is 39.3 Å². The first-order chi connectivity index (χ1) is 19.9. The molecule has 0 bridgehead atoms. The van der Waals surface area contributed by atoms with Crippen LogP contribution < -0.4 is 10.6 Å². The molecule has 3 N–H and O–H groups in total. The maximum atomic E-state index is 13.1. The number of anilines is 1. The number of carbonyl (C=O) groups is 2. The van der Waals surface area contributed by atoms with Crippen LogP contribution >= 0.6 is 11.3 Å². The Labute approximate surface area is 244 Å². The van der Waals surface area contributed by atoms with Gasteiger partial charge in [-0.2, -0.15) is 0 Å². The molecule has 0 unspecified atom stereocenters. The largest absolute Gasteiger partial charge is 0.358 e. The third-order valence-electron chi connectivity index (χ3n) is 7.27. The van der Waals surface area contributed by atoms with Crippen LogP contribution in [-0.2, 0) is 4.79 Å². The number of aryl methyl sites for hydroxylation is 1. The van der Waals surface area contributed by atoms with Crippen molar-refractivity contribution >= 4 is 40.5 Å². The third kappa shape index (κ3) is 6.16. The van der Waals surface area contributed by atoms with Crippen LogP contribution in [0.2, 0.25) is 0 Å². The highest BCUT2D eigenvalue weighted by atomic mass is 32.1. The van der Waals surface area contributed by atoms with Gasteiger partial charge in [0.05, 0.1) is 22.5 Å². The monoisotopic (exact) mass is 568 g/mol. The summed E-state index contributed by atoms with van der Waals surface area (Å²) < 4.78 is 0. The number of nitrogens with zero attached hydrogens (tertiary/aromatic N) is 3. The van der Waals surface area contributed by atoms with Gasteiger partial charge in [-0.1, -0.05) is 26.0 Å². The van der Waals surface area contributed by atoms with Crippen molar-refractivity contribution in [1.82, 2.24) is 25.2 Å². The van der Waals surface area contributed by atoms with Gasteiger partial charge in [0.15, 0.2) is 0 Å². The molecular formula is C32H36N6O2S. The van der Waals surface area contributed by atoms with Crippen LogP contribution in [0.25, 0.3) is 33.6 Å². The van der Waals surface area contributed by atoms with E-state index < -0.39 is 0 Å². The summed E-state index contributed by atoms with van der Waals surface area (Å²) in [7, 11) is 0. The van der Waals surface area contributed by atoms with E-state index in [0.717, 1.165) is 82.6 Å². The number of aromatic nitrogens is 3. The molecule has 4 aromatic rings. The molecule has 5 rings (SSSR count). The van der Waals surface area contributed by atoms with Gasteiger partial charge in [-0.3, -0.25) is 14.6 Å². The summed E-state index contributed by atoms with van der Waals surface area (Å²) in [5, 5.41) is 8.91. The molecule has 41 heavy (non-hydrogen) atoms. The van der Waals surface area contributed by atoms with Crippen molar-refractivity contribution in [2.75, 3.05) is 31.5 Å². The van der Waals surface area contributed by atoms with Gasteiger partial charge in [0, 0.05) is 52.9 Å². The summed E-state index contributed by atoms with van der Waals surface area (Å²) in [4.78, 5) is 41.1. The highest BCUT2D eigenvalue weighted by molar-refractivity contribution is 7.13. The Morgan fingerprint density at radius 1 is 1.07 bits per heavy atom. The van der Waals surface area contributed by atoms with Crippen LogP contribution in [0.1, 0.15) is 59.6 Å². The number of carbonyl (C=O) groups excluding carboxylic acids is 2. The second kappa shape index (κ2) is 12.6. The molecule has 1 aromatic carbocycles. The lowest BCUT2D eigenvalue weighted by Crippen LogP contribution is -2.36. The molecule has 9 heteroatoms. The minimum absolute atomic E-state index is 0.0975. The van der Waals surface area contributed by atoms with Gasteiger partial charge in [-0.05, 0) is 75.7 Å². The quantitative estimate of drug-likeness (QED) is 0.188. The number of rotatable bonds is 11. The van der Waals surface area contributed by atoms with Crippen molar-refractivity contribution in [2.45, 2.75) is 40.5 Å². The first-order valence-corrected chi connectivity index (χ1v) is 15.0. The molecule has 0 spiro atoms. The van der Waals surface area contributed by atoms with E-state index in [1.54, 1.807) is 6.20 Å². The van der Waals surface area contributed by atoms with Crippen molar-refractivity contribution < 1.29 is 9.59 Å². The van der Waals surface area contributed by atoms with Gasteiger partial charge in [0.1, 0.15) is 5.01 Å². The molecule has 0 saturated carbocycles. The maximum Gasteiger partial charge on any atom is 0.256 e. The number of hydrogen-bond donors (Lipinski definition) is 3. The zero-order valence-electron chi connectivity index (χ0n) is 24.0. The number of benzene rings is 1. The van der Waals surface area contributed by atoms with Crippen LogP contribution in [0.3, 0.4) is 0 Å².